The van der Waals surface area contributed by atoms with Crippen LogP contribution >= 0.6 is 0 Å². The minimum Gasteiger partial charge on any atom is -0.308 e. The van der Waals surface area contributed by atoms with E-state index in [1.165, 1.54) is 12.1 Å². The number of rotatable bonds is 5. The molecule has 0 radical (unpaired) electrons. The number of alkyl halides is 3. The van der Waals surface area contributed by atoms with Crippen LogP contribution in [0, 0.1) is 45.6 Å². The molecule has 0 unspecified atom stereocenters. The van der Waals surface area contributed by atoms with Crippen molar-refractivity contribution in [1.82, 2.24) is 39.0 Å². The molecule has 10 aromatic rings. The van der Waals surface area contributed by atoms with Gasteiger partial charge in [0.25, 0.3) is 0 Å². The van der Waals surface area contributed by atoms with Gasteiger partial charge in [-0.3, -0.25) is 0 Å². The maximum Gasteiger partial charge on any atom is 0.415 e. The first-order valence-corrected chi connectivity index (χ1v) is 19.5. The molecule has 0 aliphatic rings. The Hall–Kier alpha value is -8.29. The van der Waals surface area contributed by atoms with E-state index < -0.39 is 11.7 Å². The average Bonchev–Trinajstić information content (AvgIpc) is 3.76. The second-order valence-corrected chi connectivity index (χ2v) is 15.0. The SMILES string of the molecule is [C-]#[N+]c1cccc(C(F)(F)F)c1-c1cc(-n2c3ccccc3c3ccc(-c4nc(C)nc(C)n4)cc32)c(C#N)c(-n2c3ccccc3c3ccc(-c4nc(C)nc(C)n4)cc32)c1. The van der Waals surface area contributed by atoms with Gasteiger partial charge in [0.2, 0.25) is 0 Å². The molecule has 62 heavy (non-hydrogen) atoms. The predicted octanol–water partition coefficient (Wildman–Crippen LogP) is 11.9. The maximum absolute atomic E-state index is 15.1. The normalized spacial score (nSPS) is 11.8. The molecule has 0 aliphatic heterocycles. The fourth-order valence-corrected chi connectivity index (χ4v) is 8.62. The maximum atomic E-state index is 15.1. The third kappa shape index (κ3) is 6.09. The topological polar surface area (TPSA) is 115 Å². The number of hydrogen-bond donors (Lipinski definition) is 0. The zero-order valence-corrected chi connectivity index (χ0v) is 33.6. The van der Waals surface area contributed by atoms with Crippen molar-refractivity contribution < 1.29 is 13.2 Å². The molecule has 4 aromatic heterocycles. The van der Waals surface area contributed by atoms with E-state index in [1.54, 1.807) is 39.8 Å². The van der Waals surface area contributed by atoms with Crippen molar-refractivity contribution in [2.45, 2.75) is 33.9 Å². The van der Waals surface area contributed by atoms with Crippen LogP contribution in [0.25, 0.3) is 93.7 Å². The van der Waals surface area contributed by atoms with Crippen LogP contribution in [0.3, 0.4) is 0 Å². The minimum atomic E-state index is -4.81. The molecule has 0 N–H and O–H groups in total. The third-order valence-corrected chi connectivity index (χ3v) is 11.0. The number of nitriles is 1. The van der Waals surface area contributed by atoms with Crippen LogP contribution in [0.2, 0.25) is 0 Å². The second kappa shape index (κ2) is 14.2. The Morgan fingerprint density at radius 2 is 0.984 bits per heavy atom. The molecule has 0 saturated carbocycles. The lowest BCUT2D eigenvalue weighted by molar-refractivity contribution is -0.137. The van der Waals surface area contributed by atoms with E-state index in [4.69, 9.17) is 6.57 Å². The summed E-state index contributed by atoms with van der Waals surface area (Å²) in [5, 5.41) is 14.8. The quantitative estimate of drug-likeness (QED) is 0.159. The number of aromatic nitrogens is 8. The summed E-state index contributed by atoms with van der Waals surface area (Å²) in [5.74, 6) is 3.10. The molecule has 4 heterocycles. The first kappa shape index (κ1) is 37.9. The van der Waals surface area contributed by atoms with Gasteiger partial charge >= 0.3 is 6.18 Å². The highest BCUT2D eigenvalue weighted by Crippen LogP contribution is 2.46. The van der Waals surface area contributed by atoms with Crippen molar-refractivity contribution in [2.75, 3.05) is 0 Å². The molecule has 13 heteroatoms. The van der Waals surface area contributed by atoms with Gasteiger partial charge in [-0.15, -0.1) is 0 Å². The molecule has 0 bridgehead atoms. The fourth-order valence-electron chi connectivity index (χ4n) is 8.62. The monoisotopic (exact) mass is 816 g/mol. The summed E-state index contributed by atoms with van der Waals surface area (Å²) < 4.78 is 49.1. The van der Waals surface area contributed by atoms with E-state index in [-0.39, 0.29) is 22.4 Å². The summed E-state index contributed by atoms with van der Waals surface area (Å²) in [4.78, 5) is 30.8. The Morgan fingerprint density at radius 3 is 1.42 bits per heavy atom. The number of halogens is 3. The van der Waals surface area contributed by atoms with E-state index in [0.717, 1.165) is 27.6 Å². The van der Waals surface area contributed by atoms with Gasteiger partial charge in [0.1, 0.15) is 34.9 Å². The molecular weight excluding hydrogens is 786 g/mol. The number of benzene rings is 6. The highest BCUT2D eigenvalue weighted by molar-refractivity contribution is 6.12. The Bertz CT molecular complexity index is 3370. The molecule has 0 atom stereocenters. The molecular formula is C49H31F3N10. The van der Waals surface area contributed by atoms with E-state index in [9.17, 15) is 5.26 Å². The smallest absolute Gasteiger partial charge is 0.308 e. The van der Waals surface area contributed by atoms with Gasteiger partial charge in [0.05, 0.1) is 45.6 Å². The van der Waals surface area contributed by atoms with Crippen molar-refractivity contribution in [3.63, 3.8) is 0 Å². The van der Waals surface area contributed by atoms with Gasteiger partial charge in [0.15, 0.2) is 17.3 Å². The summed E-state index contributed by atoms with van der Waals surface area (Å²) in [6.07, 6.45) is -4.81. The molecule has 0 saturated heterocycles. The summed E-state index contributed by atoms with van der Waals surface area (Å²) in [5.41, 5.74) is 3.57. The van der Waals surface area contributed by atoms with Crippen molar-refractivity contribution in [3.05, 3.63) is 161 Å². The predicted molar refractivity (Wildman–Crippen MR) is 233 cm³/mol. The van der Waals surface area contributed by atoms with Crippen molar-refractivity contribution in [2.24, 2.45) is 0 Å². The molecule has 0 aliphatic carbocycles. The van der Waals surface area contributed by atoms with Crippen LogP contribution in [-0.4, -0.2) is 39.0 Å². The second-order valence-electron chi connectivity index (χ2n) is 15.0. The number of aryl methyl sites for hydroxylation is 4. The lowest BCUT2D eigenvalue weighted by Gasteiger charge is -2.21. The van der Waals surface area contributed by atoms with E-state index in [0.29, 0.717) is 79.5 Å². The Kier molecular flexibility index (Phi) is 8.68. The van der Waals surface area contributed by atoms with Crippen LogP contribution in [-0.2, 0) is 6.18 Å². The number of nitrogens with zero attached hydrogens (tertiary/aromatic N) is 10. The van der Waals surface area contributed by atoms with Gasteiger partial charge < -0.3 is 9.13 Å². The zero-order valence-electron chi connectivity index (χ0n) is 33.6. The van der Waals surface area contributed by atoms with E-state index in [2.05, 4.69) is 40.8 Å². The molecule has 298 valence electrons. The molecule has 6 aromatic carbocycles. The standard InChI is InChI=1S/C49H31F3N10/c1-26-55-27(2)58-47(57-26)30-17-19-35-33-11-6-8-15-40(33)61(42(35)21-30)44-23-32(46-38(49(50,51)52)13-10-14-39(46)54-5)24-45(37(44)25-53)62-41-16-9-7-12-34(41)36-20-18-31(22-43(36)62)48-59-28(3)56-29(4)60-48/h6-24H,1-4H3. The number of fused-ring (bicyclic) bond motifs is 6. The number of para-hydroxylation sites is 2. The van der Waals surface area contributed by atoms with E-state index in [1.807, 2.05) is 94.1 Å². The molecule has 10 nitrogen and oxygen atoms in total. The lowest BCUT2D eigenvalue weighted by atomic mass is 9.94. The largest absolute Gasteiger partial charge is 0.415 e. The average molecular weight is 817 g/mol. The zero-order chi connectivity index (χ0) is 43.0. The van der Waals surface area contributed by atoms with Crippen LogP contribution in [0.1, 0.15) is 34.4 Å². The first-order chi connectivity index (χ1) is 29.9. The molecule has 10 rings (SSSR count). The van der Waals surface area contributed by atoms with Gasteiger partial charge in [-0.05, 0) is 75.2 Å². The summed E-state index contributed by atoms with van der Waals surface area (Å²) >= 11 is 0. The summed E-state index contributed by atoms with van der Waals surface area (Å²) in [6, 6.07) is 36.3. The lowest BCUT2D eigenvalue weighted by Crippen LogP contribution is -2.09. The Morgan fingerprint density at radius 1 is 0.532 bits per heavy atom. The molecule has 0 fully saturated rings. The van der Waals surface area contributed by atoms with Gasteiger partial charge in [-0.2, -0.15) is 18.4 Å². The summed E-state index contributed by atoms with van der Waals surface area (Å²) in [6.45, 7) is 15.2. The molecule has 0 spiro atoms. The van der Waals surface area contributed by atoms with Crippen molar-refractivity contribution in [3.8, 4) is 51.3 Å². The minimum absolute atomic E-state index is 0.101. The van der Waals surface area contributed by atoms with Crippen LogP contribution in [0.5, 0.6) is 0 Å². The highest BCUT2D eigenvalue weighted by Gasteiger charge is 2.35. The Balaban J connectivity index is 1.38. The number of hydrogen-bond acceptors (Lipinski definition) is 7. The van der Waals surface area contributed by atoms with Crippen molar-refractivity contribution >= 4 is 49.3 Å². The first-order valence-electron chi connectivity index (χ1n) is 19.5. The van der Waals surface area contributed by atoms with E-state index >= 15 is 13.2 Å². The summed E-state index contributed by atoms with van der Waals surface area (Å²) in [7, 11) is 0. The Labute approximate surface area is 352 Å². The fraction of sp³-hybridized carbons (Fsp3) is 0.102. The van der Waals surface area contributed by atoms with Gasteiger partial charge in [-0.25, -0.2) is 34.7 Å². The third-order valence-electron chi connectivity index (χ3n) is 11.0. The highest BCUT2D eigenvalue weighted by atomic mass is 19.4. The van der Waals surface area contributed by atoms with Crippen LogP contribution in [0.15, 0.2) is 115 Å². The molecule has 0 amide bonds. The van der Waals surface area contributed by atoms with Crippen LogP contribution in [0.4, 0.5) is 18.9 Å². The van der Waals surface area contributed by atoms with Crippen LogP contribution < -0.4 is 0 Å². The van der Waals surface area contributed by atoms with Gasteiger partial charge in [0, 0.05) is 32.7 Å². The van der Waals surface area contributed by atoms with Crippen molar-refractivity contribution in [1.29, 1.82) is 5.26 Å². The van der Waals surface area contributed by atoms with Gasteiger partial charge in [-0.1, -0.05) is 78.9 Å².